The van der Waals surface area contributed by atoms with Gasteiger partial charge in [-0.1, -0.05) is 48.5 Å². The lowest BCUT2D eigenvalue weighted by Gasteiger charge is -2.44. The van der Waals surface area contributed by atoms with Gasteiger partial charge < -0.3 is 9.34 Å². The van der Waals surface area contributed by atoms with Crippen LogP contribution >= 0.6 is 7.44 Å². The van der Waals surface area contributed by atoms with Crippen LogP contribution in [0.3, 0.4) is 0 Å². The van der Waals surface area contributed by atoms with Crippen LogP contribution in [0.1, 0.15) is 29.8 Å². The first-order valence-corrected chi connectivity index (χ1v) is 13.3. The van der Waals surface area contributed by atoms with E-state index in [-0.39, 0.29) is 5.78 Å². The van der Waals surface area contributed by atoms with E-state index >= 15 is 4.57 Å². The first-order valence-electron chi connectivity index (χ1n) is 11.6. The molecule has 7 heteroatoms. The van der Waals surface area contributed by atoms with Crippen molar-refractivity contribution in [1.29, 1.82) is 5.26 Å². The highest BCUT2D eigenvalue weighted by Gasteiger charge is 2.52. The van der Waals surface area contributed by atoms with Crippen molar-refractivity contribution in [2.75, 3.05) is 35.5 Å². The quantitative estimate of drug-likeness (QED) is 0.463. The third kappa shape index (κ3) is 4.03. The molecule has 6 nitrogen and oxygen atoms in total. The van der Waals surface area contributed by atoms with Crippen molar-refractivity contribution in [1.82, 2.24) is 4.90 Å². The summed E-state index contributed by atoms with van der Waals surface area (Å²) in [5.41, 5.74) is 3.33. The van der Waals surface area contributed by atoms with E-state index in [9.17, 15) is 10.1 Å². The van der Waals surface area contributed by atoms with E-state index in [0.29, 0.717) is 44.6 Å². The number of anilines is 2. The summed E-state index contributed by atoms with van der Waals surface area (Å²) < 4.78 is 19.7. The number of carbonyl (C=O) groups excluding carboxylic acids is 1. The Morgan fingerprint density at radius 1 is 0.735 bits per heavy atom. The van der Waals surface area contributed by atoms with Gasteiger partial charge in [0.2, 0.25) is 0 Å². The average Bonchev–Trinajstić information content (AvgIpc) is 3.24. The maximum absolute atomic E-state index is 15.6. The lowest BCUT2D eigenvalue weighted by molar-refractivity contribution is -0.121. The fourth-order valence-electron chi connectivity index (χ4n) is 5.03. The van der Waals surface area contributed by atoms with Crippen molar-refractivity contribution in [2.45, 2.75) is 18.6 Å². The molecule has 0 spiro atoms. The minimum absolute atomic E-state index is 0.249. The predicted octanol–water partition coefficient (Wildman–Crippen LogP) is 5.44. The first-order chi connectivity index (χ1) is 16.6. The van der Waals surface area contributed by atoms with Gasteiger partial charge in [0.15, 0.2) is 0 Å². The van der Waals surface area contributed by atoms with Gasteiger partial charge in [-0.3, -0.25) is 14.3 Å². The number of piperidine rings is 1. The Kier molecular flexibility index (Phi) is 6.24. The number of nitrogens with zero attached hydrogens (tertiary/aromatic N) is 4. The molecule has 3 aromatic rings. The van der Waals surface area contributed by atoms with Crippen LogP contribution in [-0.4, -0.2) is 36.9 Å². The van der Waals surface area contributed by atoms with Gasteiger partial charge in [0.1, 0.15) is 11.6 Å². The number of ketones is 1. The molecule has 0 bridgehead atoms. The largest absolute Gasteiger partial charge is 0.304 e. The normalized spacial score (nSPS) is 19.1. The van der Waals surface area contributed by atoms with Crippen LogP contribution in [0.4, 0.5) is 11.4 Å². The Morgan fingerprint density at radius 2 is 1.24 bits per heavy atom. The Morgan fingerprint density at radius 3 is 1.71 bits per heavy atom. The zero-order chi connectivity index (χ0) is 23.5. The van der Waals surface area contributed by atoms with Crippen molar-refractivity contribution in [3.8, 4) is 6.07 Å². The smallest absolute Gasteiger partial charge is 0.284 e. The SMILES string of the molecule is N#Cc1ccc(C(N2CCC(=O)CC2)P2(=O)N(c3ccccc3)CCN2c2ccccc2)cc1. The highest BCUT2D eigenvalue weighted by Crippen LogP contribution is 2.69. The number of benzene rings is 3. The fraction of sp³-hybridized carbons (Fsp3) is 0.259. The summed E-state index contributed by atoms with van der Waals surface area (Å²) in [7, 11) is -3.28. The molecule has 1 atom stereocenters. The highest BCUT2D eigenvalue weighted by atomic mass is 31.2. The van der Waals surface area contributed by atoms with Crippen molar-refractivity contribution in [3.63, 3.8) is 0 Å². The second-order valence-electron chi connectivity index (χ2n) is 8.69. The Balaban J connectivity index is 1.68. The minimum Gasteiger partial charge on any atom is -0.304 e. The van der Waals surface area contributed by atoms with E-state index in [1.54, 1.807) is 12.1 Å². The molecule has 0 N–H and O–H groups in total. The summed E-state index contributed by atoms with van der Waals surface area (Å²) in [4.78, 5) is 14.3. The zero-order valence-electron chi connectivity index (χ0n) is 19.0. The van der Waals surface area contributed by atoms with Crippen molar-refractivity contribution in [2.24, 2.45) is 0 Å². The molecule has 34 heavy (non-hydrogen) atoms. The third-order valence-electron chi connectivity index (χ3n) is 6.68. The number of rotatable bonds is 5. The van der Waals surface area contributed by atoms with E-state index in [0.717, 1.165) is 16.9 Å². The lowest BCUT2D eigenvalue weighted by Crippen LogP contribution is -2.40. The molecule has 1 unspecified atom stereocenters. The second-order valence-corrected chi connectivity index (χ2v) is 11.3. The van der Waals surface area contributed by atoms with Gasteiger partial charge >= 0.3 is 0 Å². The summed E-state index contributed by atoms with van der Waals surface area (Å²) >= 11 is 0. The van der Waals surface area contributed by atoms with E-state index in [2.05, 4.69) is 20.3 Å². The number of carbonyl (C=O) groups is 1. The number of hydrogen-bond donors (Lipinski definition) is 0. The second kappa shape index (κ2) is 9.46. The molecule has 2 heterocycles. The Bertz CT molecular complexity index is 1180. The minimum atomic E-state index is -3.28. The molecule has 0 aromatic heterocycles. The molecule has 172 valence electrons. The number of nitriles is 1. The number of para-hydroxylation sites is 2. The monoisotopic (exact) mass is 470 g/mol. The molecule has 0 aliphatic carbocycles. The molecular weight excluding hydrogens is 443 g/mol. The standard InChI is InChI=1S/C27H27N4O2P/c28-21-22-11-13-23(14-12-22)27(29-17-15-26(32)16-18-29)34(33)30(24-7-3-1-4-8-24)19-20-31(34)25-9-5-2-6-10-25/h1-14,27H,15-20H2. The summed E-state index contributed by atoms with van der Waals surface area (Å²) in [6.45, 7) is 2.41. The maximum Gasteiger partial charge on any atom is 0.284 e. The van der Waals surface area contributed by atoms with Crippen molar-refractivity contribution >= 4 is 24.6 Å². The van der Waals surface area contributed by atoms with E-state index in [1.165, 1.54) is 0 Å². The first kappa shape index (κ1) is 22.4. The zero-order valence-corrected chi connectivity index (χ0v) is 19.8. The van der Waals surface area contributed by atoms with Crippen LogP contribution in [0.2, 0.25) is 0 Å². The number of likely N-dealkylation sites (tertiary alicyclic amines) is 1. The summed E-state index contributed by atoms with van der Waals surface area (Å²) in [6, 6.07) is 29.5. The van der Waals surface area contributed by atoms with Crippen molar-refractivity contribution < 1.29 is 9.36 Å². The molecule has 5 rings (SSSR count). The van der Waals surface area contributed by atoms with Crippen molar-refractivity contribution in [3.05, 3.63) is 96.1 Å². The topological polar surface area (TPSA) is 67.6 Å². The highest BCUT2D eigenvalue weighted by molar-refractivity contribution is 7.67. The molecule has 2 fully saturated rings. The van der Waals surface area contributed by atoms with Crippen LogP contribution in [0.5, 0.6) is 0 Å². The van der Waals surface area contributed by atoms with Crippen LogP contribution in [-0.2, 0) is 9.36 Å². The van der Waals surface area contributed by atoms with Crippen LogP contribution in [0.15, 0.2) is 84.9 Å². The van der Waals surface area contributed by atoms with Gasteiger partial charge in [-0.25, -0.2) is 0 Å². The summed E-state index contributed by atoms with van der Waals surface area (Å²) in [5, 5.41) is 9.32. The Hall–Kier alpha value is -3.39. The van der Waals surface area contributed by atoms with E-state index in [4.69, 9.17) is 0 Å². The summed E-state index contributed by atoms with van der Waals surface area (Å²) in [5.74, 6) is -0.185. The van der Waals surface area contributed by atoms with Gasteiger partial charge in [0, 0.05) is 50.4 Å². The summed E-state index contributed by atoms with van der Waals surface area (Å²) in [6.07, 6.45) is 0.924. The van der Waals surface area contributed by atoms with E-state index in [1.807, 2.05) is 72.8 Å². The predicted molar refractivity (Wildman–Crippen MR) is 135 cm³/mol. The molecule has 2 aliphatic heterocycles. The Labute approximate surface area is 200 Å². The lowest BCUT2D eigenvalue weighted by atomic mass is 10.1. The molecule has 0 radical (unpaired) electrons. The number of hydrogen-bond acceptors (Lipinski definition) is 4. The molecule has 2 saturated heterocycles. The molecule has 0 saturated carbocycles. The average molecular weight is 471 g/mol. The fourth-order valence-corrected chi connectivity index (χ4v) is 8.71. The molecule has 2 aliphatic rings. The van der Waals surface area contributed by atoms with Gasteiger partial charge in [0.25, 0.3) is 7.44 Å². The number of Topliss-reactive ketones (excluding diaryl/α,β-unsaturated/α-hetero) is 1. The van der Waals surface area contributed by atoms with Crippen LogP contribution in [0, 0.1) is 11.3 Å². The van der Waals surface area contributed by atoms with Gasteiger partial charge in [-0.05, 0) is 42.0 Å². The van der Waals surface area contributed by atoms with Gasteiger partial charge in [-0.15, -0.1) is 0 Å². The van der Waals surface area contributed by atoms with Crippen LogP contribution in [0.25, 0.3) is 0 Å². The molecular formula is C27H27N4O2P. The molecule has 3 aromatic carbocycles. The van der Waals surface area contributed by atoms with E-state index < -0.39 is 13.2 Å². The molecule has 0 amide bonds. The van der Waals surface area contributed by atoms with Crippen LogP contribution < -0.4 is 9.34 Å². The maximum atomic E-state index is 15.6. The van der Waals surface area contributed by atoms with Gasteiger partial charge in [0.05, 0.1) is 11.6 Å². The third-order valence-corrected chi connectivity index (χ3v) is 10.2. The van der Waals surface area contributed by atoms with Gasteiger partial charge in [-0.2, -0.15) is 5.26 Å².